The van der Waals surface area contributed by atoms with Crippen LogP contribution in [0.15, 0.2) is 54.7 Å². The Labute approximate surface area is 181 Å². The molecule has 1 atom stereocenters. The molecule has 8 heteroatoms. The number of carbonyl (C=O) groups excluding carboxylic acids is 1. The number of aromatic nitrogens is 2. The molecule has 3 N–H and O–H groups in total. The number of carbonyl (C=O) groups is 2. The van der Waals surface area contributed by atoms with Crippen LogP contribution in [0.5, 0.6) is 0 Å². The summed E-state index contributed by atoms with van der Waals surface area (Å²) in [6.45, 7) is 1.74. The number of H-pyrrole nitrogens is 1. The highest BCUT2D eigenvalue weighted by Gasteiger charge is 2.25. The maximum absolute atomic E-state index is 12.8. The van der Waals surface area contributed by atoms with Gasteiger partial charge in [0.1, 0.15) is 15.9 Å². The first kappa shape index (κ1) is 20.1. The number of aromatic amines is 1. The summed E-state index contributed by atoms with van der Waals surface area (Å²) in [5, 5.41) is 14.6. The first-order valence-corrected chi connectivity index (χ1v) is 10.4. The van der Waals surface area contributed by atoms with Crippen molar-refractivity contribution >= 4 is 45.7 Å². The van der Waals surface area contributed by atoms with Gasteiger partial charge in [0.25, 0.3) is 5.91 Å². The van der Waals surface area contributed by atoms with Crippen LogP contribution in [0.4, 0.5) is 0 Å². The molecule has 0 saturated heterocycles. The third kappa shape index (κ3) is 4.08. The SMILES string of the molecule is Cc1nc(-c2ccc(Cl)cc2)sc1C(=O)N[C@@H](Cc1c[nH]c2ccccc12)C(=O)O. The van der Waals surface area contributed by atoms with Gasteiger partial charge < -0.3 is 15.4 Å². The number of nitrogens with zero attached hydrogens (tertiary/aromatic N) is 1. The van der Waals surface area contributed by atoms with Gasteiger partial charge in [0.15, 0.2) is 0 Å². The van der Waals surface area contributed by atoms with Gasteiger partial charge in [-0.15, -0.1) is 11.3 Å². The molecular weight excluding hydrogens is 422 g/mol. The van der Waals surface area contributed by atoms with E-state index in [0.717, 1.165) is 22.0 Å². The zero-order valence-electron chi connectivity index (χ0n) is 16.0. The van der Waals surface area contributed by atoms with Crippen LogP contribution in [0.3, 0.4) is 0 Å². The molecule has 2 heterocycles. The van der Waals surface area contributed by atoms with E-state index < -0.39 is 17.9 Å². The number of rotatable bonds is 6. The number of benzene rings is 2. The van der Waals surface area contributed by atoms with E-state index >= 15 is 0 Å². The molecule has 0 aliphatic carbocycles. The summed E-state index contributed by atoms with van der Waals surface area (Å²) in [7, 11) is 0. The number of thiazole rings is 1. The van der Waals surface area contributed by atoms with Crippen LogP contribution in [0, 0.1) is 6.92 Å². The molecule has 2 aromatic heterocycles. The molecule has 4 rings (SSSR count). The lowest BCUT2D eigenvalue weighted by atomic mass is 10.0. The zero-order valence-corrected chi connectivity index (χ0v) is 17.6. The van der Waals surface area contributed by atoms with Gasteiger partial charge in [-0.05, 0) is 30.7 Å². The molecule has 0 fully saturated rings. The normalized spacial score (nSPS) is 12.1. The monoisotopic (exact) mass is 439 g/mol. The van der Waals surface area contributed by atoms with Gasteiger partial charge in [0.05, 0.1) is 5.69 Å². The predicted octanol–water partition coefficient (Wildman–Crippen LogP) is 4.68. The van der Waals surface area contributed by atoms with Crippen molar-refractivity contribution in [2.75, 3.05) is 0 Å². The number of carboxylic acid groups (broad SMARTS) is 1. The van der Waals surface area contributed by atoms with Gasteiger partial charge in [-0.25, -0.2) is 9.78 Å². The molecule has 0 radical (unpaired) electrons. The van der Waals surface area contributed by atoms with Gasteiger partial charge >= 0.3 is 5.97 Å². The largest absolute Gasteiger partial charge is 0.480 e. The Bertz CT molecular complexity index is 1230. The third-order valence-electron chi connectivity index (χ3n) is 4.80. The van der Waals surface area contributed by atoms with Crippen molar-refractivity contribution in [1.29, 1.82) is 0 Å². The molecule has 6 nitrogen and oxygen atoms in total. The number of aryl methyl sites for hydroxylation is 1. The number of para-hydroxylation sites is 1. The Morgan fingerprint density at radius 1 is 1.20 bits per heavy atom. The molecular formula is C22H18ClN3O3S. The summed E-state index contributed by atoms with van der Waals surface area (Å²) < 4.78 is 0. The Morgan fingerprint density at radius 2 is 1.93 bits per heavy atom. The van der Waals surface area contributed by atoms with Crippen molar-refractivity contribution in [3.05, 3.63) is 75.9 Å². The van der Waals surface area contributed by atoms with Crippen LogP contribution < -0.4 is 5.32 Å². The molecule has 0 bridgehead atoms. The highest BCUT2D eigenvalue weighted by molar-refractivity contribution is 7.17. The fraction of sp³-hybridized carbons (Fsp3) is 0.136. The lowest BCUT2D eigenvalue weighted by Gasteiger charge is -2.13. The topological polar surface area (TPSA) is 95.1 Å². The minimum absolute atomic E-state index is 0.174. The lowest BCUT2D eigenvalue weighted by molar-refractivity contribution is -0.139. The fourth-order valence-electron chi connectivity index (χ4n) is 3.27. The van der Waals surface area contributed by atoms with E-state index in [2.05, 4.69) is 15.3 Å². The summed E-state index contributed by atoms with van der Waals surface area (Å²) in [5.41, 5.74) is 3.16. The second-order valence-corrected chi connectivity index (χ2v) is 8.30. The molecule has 1 amide bonds. The van der Waals surface area contributed by atoms with Gasteiger partial charge in [-0.1, -0.05) is 41.9 Å². The van der Waals surface area contributed by atoms with Gasteiger partial charge in [-0.2, -0.15) is 0 Å². The standard InChI is InChI=1S/C22H18ClN3O3S/c1-12-19(30-21(25-12)13-6-8-15(23)9-7-13)20(27)26-18(22(28)29)10-14-11-24-17-5-3-2-4-16(14)17/h2-9,11,18,24H,10H2,1H3,(H,26,27)(H,28,29)/t18-/m0/s1. The van der Waals surface area contributed by atoms with E-state index in [1.165, 1.54) is 11.3 Å². The molecule has 0 unspecified atom stereocenters. The minimum Gasteiger partial charge on any atom is -0.480 e. The second-order valence-electron chi connectivity index (χ2n) is 6.87. The maximum Gasteiger partial charge on any atom is 0.326 e. The number of hydrogen-bond acceptors (Lipinski definition) is 4. The first-order chi connectivity index (χ1) is 14.4. The lowest BCUT2D eigenvalue weighted by Crippen LogP contribution is -2.42. The van der Waals surface area contributed by atoms with Crippen LogP contribution >= 0.6 is 22.9 Å². The Morgan fingerprint density at radius 3 is 2.67 bits per heavy atom. The van der Waals surface area contributed by atoms with E-state index in [-0.39, 0.29) is 6.42 Å². The average molecular weight is 440 g/mol. The van der Waals surface area contributed by atoms with Gasteiger partial charge in [0.2, 0.25) is 0 Å². The number of halogens is 1. The highest BCUT2D eigenvalue weighted by atomic mass is 35.5. The van der Waals surface area contributed by atoms with Crippen molar-refractivity contribution < 1.29 is 14.7 Å². The maximum atomic E-state index is 12.8. The Balaban J connectivity index is 1.55. The highest BCUT2D eigenvalue weighted by Crippen LogP contribution is 2.29. The molecule has 0 aliphatic heterocycles. The molecule has 152 valence electrons. The van der Waals surface area contributed by atoms with E-state index in [1.54, 1.807) is 25.3 Å². The molecule has 0 aliphatic rings. The van der Waals surface area contributed by atoms with Crippen LogP contribution in [-0.2, 0) is 11.2 Å². The number of aliphatic carboxylic acids is 1. The van der Waals surface area contributed by atoms with Crippen LogP contribution in [0.25, 0.3) is 21.5 Å². The molecule has 2 aromatic carbocycles. The quantitative estimate of drug-likeness (QED) is 0.406. The summed E-state index contributed by atoms with van der Waals surface area (Å²) in [4.78, 5) is 32.6. The predicted molar refractivity (Wildman–Crippen MR) is 118 cm³/mol. The molecule has 0 spiro atoms. The summed E-state index contributed by atoms with van der Waals surface area (Å²) in [6.07, 6.45) is 1.95. The number of carboxylic acids is 1. The number of amides is 1. The van der Waals surface area contributed by atoms with E-state index in [1.807, 2.05) is 36.4 Å². The Kier molecular flexibility index (Phi) is 5.57. The minimum atomic E-state index is -1.09. The van der Waals surface area contributed by atoms with Crippen molar-refractivity contribution in [1.82, 2.24) is 15.3 Å². The van der Waals surface area contributed by atoms with Crippen molar-refractivity contribution in [2.45, 2.75) is 19.4 Å². The molecule has 4 aromatic rings. The first-order valence-electron chi connectivity index (χ1n) is 9.24. The van der Waals surface area contributed by atoms with E-state index in [9.17, 15) is 14.7 Å². The fourth-order valence-corrected chi connectivity index (χ4v) is 4.37. The van der Waals surface area contributed by atoms with Crippen molar-refractivity contribution in [2.24, 2.45) is 0 Å². The number of fused-ring (bicyclic) bond motifs is 1. The van der Waals surface area contributed by atoms with Crippen molar-refractivity contribution in [3.8, 4) is 10.6 Å². The van der Waals surface area contributed by atoms with Crippen LogP contribution in [0.1, 0.15) is 20.9 Å². The third-order valence-corrected chi connectivity index (χ3v) is 6.25. The second kappa shape index (κ2) is 8.30. The molecule has 30 heavy (non-hydrogen) atoms. The number of hydrogen-bond donors (Lipinski definition) is 3. The summed E-state index contributed by atoms with van der Waals surface area (Å²) >= 11 is 7.15. The van der Waals surface area contributed by atoms with E-state index in [0.29, 0.717) is 20.6 Å². The summed E-state index contributed by atoms with van der Waals surface area (Å²) in [6, 6.07) is 13.8. The number of nitrogens with one attached hydrogen (secondary N) is 2. The smallest absolute Gasteiger partial charge is 0.326 e. The average Bonchev–Trinajstić information content (AvgIpc) is 3.32. The molecule has 0 saturated carbocycles. The van der Waals surface area contributed by atoms with Crippen molar-refractivity contribution in [3.63, 3.8) is 0 Å². The summed E-state index contributed by atoms with van der Waals surface area (Å²) in [5.74, 6) is -1.54. The van der Waals surface area contributed by atoms with E-state index in [4.69, 9.17) is 11.6 Å². The van der Waals surface area contributed by atoms with Gasteiger partial charge in [0, 0.05) is 34.1 Å². The Hall–Kier alpha value is -3.16. The van der Waals surface area contributed by atoms with Crippen LogP contribution in [-0.4, -0.2) is 33.0 Å². The van der Waals surface area contributed by atoms with Gasteiger partial charge in [-0.3, -0.25) is 4.79 Å². The van der Waals surface area contributed by atoms with Crippen LogP contribution in [0.2, 0.25) is 5.02 Å². The zero-order chi connectivity index (χ0) is 21.3.